The minimum absolute atomic E-state index is 0.0454. The van der Waals surface area contributed by atoms with E-state index in [4.69, 9.17) is 23.2 Å². The van der Waals surface area contributed by atoms with Gasteiger partial charge in [0.2, 0.25) is 10.0 Å². The predicted octanol–water partition coefficient (Wildman–Crippen LogP) is 4.50. The zero-order valence-corrected chi connectivity index (χ0v) is 17.6. The van der Waals surface area contributed by atoms with Crippen molar-refractivity contribution in [3.8, 4) is 0 Å². The van der Waals surface area contributed by atoms with Crippen molar-refractivity contribution < 1.29 is 8.42 Å². The maximum atomic E-state index is 13.5. The molecule has 0 aromatic heterocycles. The minimum atomic E-state index is -3.62. The van der Waals surface area contributed by atoms with Crippen molar-refractivity contribution in [3.05, 3.63) is 63.6 Å². The average molecular weight is 427 g/mol. The summed E-state index contributed by atoms with van der Waals surface area (Å²) in [5, 5.41) is 4.20. The van der Waals surface area contributed by atoms with Gasteiger partial charge in [-0.15, -0.1) is 0 Å². The molecule has 146 valence electrons. The molecule has 0 unspecified atom stereocenters. The fourth-order valence-electron chi connectivity index (χ4n) is 3.38. The summed E-state index contributed by atoms with van der Waals surface area (Å²) in [6.45, 7) is 3.92. The van der Waals surface area contributed by atoms with Gasteiger partial charge in [-0.1, -0.05) is 48.3 Å². The topological polar surface area (TPSA) is 49.4 Å². The van der Waals surface area contributed by atoms with E-state index in [9.17, 15) is 8.42 Å². The third kappa shape index (κ3) is 4.84. The van der Waals surface area contributed by atoms with Gasteiger partial charge in [-0.05, 0) is 67.7 Å². The van der Waals surface area contributed by atoms with Crippen LogP contribution in [0.2, 0.25) is 10.0 Å². The van der Waals surface area contributed by atoms with Crippen LogP contribution in [0.5, 0.6) is 0 Å². The summed E-state index contributed by atoms with van der Waals surface area (Å²) >= 11 is 12.2. The quantitative estimate of drug-likeness (QED) is 0.739. The number of hydrogen-bond donors (Lipinski definition) is 1. The van der Waals surface area contributed by atoms with Gasteiger partial charge in [-0.2, -0.15) is 4.31 Å². The summed E-state index contributed by atoms with van der Waals surface area (Å²) in [6.07, 6.45) is 2.37. The van der Waals surface area contributed by atoms with Crippen LogP contribution in [0, 0.1) is 0 Å². The number of hydrogen-bond acceptors (Lipinski definition) is 3. The van der Waals surface area contributed by atoms with Crippen LogP contribution in [-0.4, -0.2) is 31.9 Å². The highest BCUT2D eigenvalue weighted by Gasteiger charge is 2.32. The third-order valence-corrected chi connectivity index (χ3v) is 7.59. The van der Waals surface area contributed by atoms with Crippen molar-refractivity contribution in [2.75, 3.05) is 13.1 Å². The Morgan fingerprint density at radius 3 is 2.44 bits per heavy atom. The van der Waals surface area contributed by atoms with Gasteiger partial charge >= 0.3 is 0 Å². The average Bonchev–Trinajstić information content (AvgIpc) is 2.69. The first-order valence-corrected chi connectivity index (χ1v) is 11.4. The molecule has 1 heterocycles. The van der Waals surface area contributed by atoms with Gasteiger partial charge in [0.25, 0.3) is 0 Å². The van der Waals surface area contributed by atoms with Crippen molar-refractivity contribution >= 4 is 33.2 Å². The summed E-state index contributed by atoms with van der Waals surface area (Å²) in [5.74, 6) is 0. The fraction of sp³-hybridized carbons (Fsp3) is 0.400. The summed E-state index contributed by atoms with van der Waals surface area (Å²) in [4.78, 5) is 0.348. The fourth-order valence-corrected chi connectivity index (χ4v) is 5.45. The van der Waals surface area contributed by atoms with E-state index in [0.717, 1.165) is 43.5 Å². The minimum Gasteiger partial charge on any atom is -0.317 e. The highest BCUT2D eigenvalue weighted by molar-refractivity contribution is 7.89. The van der Waals surface area contributed by atoms with Gasteiger partial charge in [-0.25, -0.2) is 8.42 Å². The summed E-state index contributed by atoms with van der Waals surface area (Å²) in [7, 11) is -3.62. The molecule has 0 atom stereocenters. The highest BCUT2D eigenvalue weighted by Crippen LogP contribution is 2.28. The largest absolute Gasteiger partial charge is 0.317 e. The third-order valence-electron chi connectivity index (χ3n) is 4.95. The zero-order chi connectivity index (χ0) is 19.4. The van der Waals surface area contributed by atoms with Crippen LogP contribution in [0.15, 0.2) is 47.4 Å². The lowest BCUT2D eigenvalue weighted by Gasteiger charge is -2.34. The standard InChI is InChI=1S/C20H24Cl2N2O2S/c1-2-15-4-3-5-18(12-15)27(25,26)24(17-8-10-23-11-9-17)14-16-6-7-19(21)20(22)13-16/h3-7,12-13,17,23H,2,8-11,14H2,1H3. The molecular weight excluding hydrogens is 403 g/mol. The number of nitrogens with one attached hydrogen (secondary N) is 1. The van der Waals surface area contributed by atoms with Crippen molar-refractivity contribution in [2.24, 2.45) is 0 Å². The van der Waals surface area contributed by atoms with Crippen molar-refractivity contribution in [1.82, 2.24) is 9.62 Å². The number of aryl methyl sites for hydroxylation is 1. The smallest absolute Gasteiger partial charge is 0.243 e. The van der Waals surface area contributed by atoms with E-state index in [2.05, 4.69) is 5.32 Å². The normalized spacial score (nSPS) is 16.0. The highest BCUT2D eigenvalue weighted by atomic mass is 35.5. The summed E-state index contributed by atoms with van der Waals surface area (Å²) < 4.78 is 28.6. The number of piperidine rings is 1. The molecule has 0 bridgehead atoms. The molecule has 4 nitrogen and oxygen atoms in total. The molecule has 0 aliphatic carbocycles. The summed E-state index contributed by atoms with van der Waals surface area (Å²) in [6, 6.07) is 12.5. The van der Waals surface area contributed by atoms with Gasteiger partial charge in [0.1, 0.15) is 0 Å². The first-order chi connectivity index (χ1) is 12.9. The van der Waals surface area contributed by atoms with Gasteiger partial charge in [0.15, 0.2) is 0 Å². The SMILES string of the molecule is CCc1cccc(S(=O)(=O)N(Cc2ccc(Cl)c(Cl)c2)C2CCNCC2)c1. The lowest BCUT2D eigenvalue weighted by Crippen LogP contribution is -2.45. The van der Waals surface area contributed by atoms with Gasteiger partial charge < -0.3 is 5.32 Å². The van der Waals surface area contributed by atoms with E-state index >= 15 is 0 Å². The Bertz CT molecular complexity index is 897. The van der Waals surface area contributed by atoms with Gasteiger partial charge in [0, 0.05) is 12.6 Å². The van der Waals surface area contributed by atoms with Crippen LogP contribution in [0.4, 0.5) is 0 Å². The van der Waals surface area contributed by atoms with Crippen LogP contribution in [0.1, 0.15) is 30.9 Å². The molecule has 1 aliphatic heterocycles. The molecule has 2 aromatic rings. The van der Waals surface area contributed by atoms with Crippen LogP contribution < -0.4 is 5.32 Å². The van der Waals surface area contributed by atoms with Crippen LogP contribution in [0.3, 0.4) is 0 Å². The molecule has 1 aliphatic rings. The summed E-state index contributed by atoms with van der Waals surface area (Å²) in [5.41, 5.74) is 1.84. The Kier molecular flexibility index (Phi) is 6.82. The Hall–Kier alpha value is -1.11. The number of halogens is 2. The first kappa shape index (κ1) is 20.6. The molecule has 0 radical (unpaired) electrons. The molecule has 3 rings (SSSR count). The van der Waals surface area contributed by atoms with E-state index < -0.39 is 10.0 Å². The van der Waals surface area contributed by atoms with Crippen molar-refractivity contribution in [2.45, 2.75) is 43.7 Å². The van der Waals surface area contributed by atoms with Crippen LogP contribution >= 0.6 is 23.2 Å². The van der Waals surface area contributed by atoms with E-state index in [0.29, 0.717) is 14.9 Å². The second-order valence-corrected chi connectivity index (χ2v) is 9.49. The van der Waals surface area contributed by atoms with Gasteiger partial charge in [0.05, 0.1) is 14.9 Å². The Labute approximate surface area is 171 Å². The number of benzene rings is 2. The second kappa shape index (κ2) is 8.93. The van der Waals surface area contributed by atoms with E-state index in [1.807, 2.05) is 25.1 Å². The molecule has 0 spiro atoms. The Balaban J connectivity index is 1.98. The van der Waals surface area contributed by atoms with E-state index in [1.54, 1.807) is 28.6 Å². The molecule has 7 heteroatoms. The van der Waals surface area contributed by atoms with Crippen molar-refractivity contribution in [3.63, 3.8) is 0 Å². The maximum Gasteiger partial charge on any atom is 0.243 e. The molecule has 0 saturated carbocycles. The van der Waals surface area contributed by atoms with Crippen LogP contribution in [0.25, 0.3) is 0 Å². The lowest BCUT2D eigenvalue weighted by molar-refractivity contribution is 0.256. The predicted molar refractivity (Wildman–Crippen MR) is 111 cm³/mol. The number of sulfonamides is 1. The molecule has 1 fully saturated rings. The van der Waals surface area contributed by atoms with E-state index in [-0.39, 0.29) is 12.6 Å². The first-order valence-electron chi connectivity index (χ1n) is 9.17. The second-order valence-electron chi connectivity index (χ2n) is 6.78. The number of nitrogens with zero attached hydrogens (tertiary/aromatic N) is 1. The van der Waals surface area contributed by atoms with Crippen molar-refractivity contribution in [1.29, 1.82) is 0 Å². The molecule has 27 heavy (non-hydrogen) atoms. The van der Waals surface area contributed by atoms with Gasteiger partial charge in [-0.3, -0.25) is 0 Å². The number of rotatable bonds is 6. The monoisotopic (exact) mass is 426 g/mol. The van der Waals surface area contributed by atoms with Crippen LogP contribution in [-0.2, 0) is 23.0 Å². The Morgan fingerprint density at radius 1 is 1.04 bits per heavy atom. The maximum absolute atomic E-state index is 13.5. The zero-order valence-electron chi connectivity index (χ0n) is 15.3. The van der Waals surface area contributed by atoms with E-state index in [1.165, 1.54) is 0 Å². The Morgan fingerprint density at radius 2 is 1.78 bits per heavy atom. The molecule has 0 amide bonds. The molecular formula is C20H24Cl2N2O2S. The lowest BCUT2D eigenvalue weighted by atomic mass is 10.1. The molecule has 1 N–H and O–H groups in total. The molecule has 2 aromatic carbocycles. The molecule has 1 saturated heterocycles.